The van der Waals surface area contributed by atoms with Gasteiger partial charge in [0.2, 0.25) is 0 Å². The lowest BCUT2D eigenvalue weighted by Gasteiger charge is -2.22. The maximum atomic E-state index is 14.0. The molecule has 1 aliphatic rings. The summed E-state index contributed by atoms with van der Waals surface area (Å²) in [5.41, 5.74) is 0.575. The molecule has 1 aromatic carbocycles. The lowest BCUT2D eigenvalue weighted by Crippen LogP contribution is -2.40. The average molecular weight is 567 g/mol. The number of thiophene rings is 1. The largest absolute Gasteiger partial charge is 0.573 e. The van der Waals surface area contributed by atoms with Crippen molar-refractivity contribution in [3.63, 3.8) is 0 Å². The Morgan fingerprint density at radius 2 is 2.03 bits per heavy atom. The fourth-order valence-electron chi connectivity index (χ4n) is 3.37. The maximum Gasteiger partial charge on any atom is 0.573 e. The van der Waals surface area contributed by atoms with E-state index in [1.807, 2.05) is 0 Å². The molecule has 0 fully saturated rings. The van der Waals surface area contributed by atoms with E-state index in [4.69, 9.17) is 11.6 Å². The summed E-state index contributed by atoms with van der Waals surface area (Å²) in [6, 6.07) is 4.91. The molecule has 0 saturated carbocycles. The second kappa shape index (κ2) is 9.97. The lowest BCUT2D eigenvalue weighted by atomic mass is 10.1. The SMILES string of the molecule is O=C(CCc1nc(-c2ccc(OC(F)(F)F)c(F)c2)cs1)[C@@H]1C=CCN1S(=O)(=O)c1ccc(Cl)s1. The zero-order chi connectivity index (χ0) is 25.4. The second-order valence-corrected chi connectivity index (χ2v) is 12.1. The van der Waals surface area contributed by atoms with Crippen LogP contribution >= 0.6 is 34.3 Å². The first-order valence-electron chi connectivity index (χ1n) is 9.91. The predicted octanol–water partition coefficient (Wildman–Crippen LogP) is 5.69. The third kappa shape index (κ3) is 5.92. The Bertz CT molecular complexity index is 1390. The first-order chi connectivity index (χ1) is 16.4. The number of benzene rings is 1. The zero-order valence-corrected chi connectivity index (χ0v) is 20.7. The highest BCUT2D eigenvalue weighted by molar-refractivity contribution is 7.91. The van der Waals surface area contributed by atoms with Crippen LogP contribution in [0.3, 0.4) is 0 Å². The van der Waals surface area contributed by atoms with Gasteiger partial charge in [0.1, 0.15) is 10.3 Å². The number of alkyl halides is 3. The van der Waals surface area contributed by atoms with Gasteiger partial charge in [-0.1, -0.05) is 23.8 Å². The van der Waals surface area contributed by atoms with Crippen LogP contribution in [0.25, 0.3) is 11.3 Å². The molecule has 0 radical (unpaired) electrons. The number of rotatable bonds is 8. The topological polar surface area (TPSA) is 76.6 Å². The Balaban J connectivity index is 1.41. The molecule has 0 bridgehead atoms. The van der Waals surface area contributed by atoms with E-state index in [2.05, 4.69) is 9.72 Å². The van der Waals surface area contributed by atoms with Crippen molar-refractivity contribution in [3.8, 4) is 17.0 Å². The van der Waals surface area contributed by atoms with E-state index >= 15 is 0 Å². The number of ketones is 1. The molecule has 0 aliphatic carbocycles. The molecule has 0 unspecified atom stereocenters. The van der Waals surface area contributed by atoms with Gasteiger partial charge in [-0.05, 0) is 30.3 Å². The van der Waals surface area contributed by atoms with Crippen molar-refractivity contribution in [1.29, 1.82) is 0 Å². The first-order valence-corrected chi connectivity index (χ1v) is 13.4. The van der Waals surface area contributed by atoms with E-state index in [0.29, 0.717) is 15.0 Å². The number of Topliss-reactive ketones (excluding diaryl/α,β-unsaturated/α-hetero) is 1. The minimum atomic E-state index is -5.01. The minimum absolute atomic E-state index is 0.00585. The summed E-state index contributed by atoms with van der Waals surface area (Å²) >= 11 is 7.96. The van der Waals surface area contributed by atoms with Crippen LogP contribution in [-0.2, 0) is 21.2 Å². The number of nitrogens with zero attached hydrogens (tertiary/aromatic N) is 2. The van der Waals surface area contributed by atoms with Crippen LogP contribution in [-0.4, -0.2) is 42.4 Å². The summed E-state index contributed by atoms with van der Waals surface area (Å²) in [5, 5.41) is 2.12. The fourth-order valence-corrected chi connectivity index (χ4v) is 7.31. The van der Waals surface area contributed by atoms with E-state index in [1.54, 1.807) is 11.5 Å². The summed E-state index contributed by atoms with van der Waals surface area (Å²) in [4.78, 5) is 17.1. The molecule has 0 saturated heterocycles. The van der Waals surface area contributed by atoms with Crippen LogP contribution in [0.4, 0.5) is 17.6 Å². The molecule has 6 nitrogen and oxygen atoms in total. The Kier molecular flexibility index (Phi) is 7.34. The number of carbonyl (C=O) groups is 1. The molecule has 1 aliphatic heterocycles. The van der Waals surface area contributed by atoms with Crippen LogP contribution in [0.2, 0.25) is 4.34 Å². The number of ether oxygens (including phenoxy) is 1. The standard InChI is InChI=1S/C21H15ClF4N2O4S3/c22-18-6-8-20(34-18)35(30,31)28-9-1-2-15(28)16(29)4-7-19-27-14(11-33-19)12-3-5-17(13(23)10-12)32-21(24,25)26/h1-3,5-6,8,10-11,15H,4,7,9H2/t15-/m0/s1. The van der Waals surface area contributed by atoms with Crippen molar-refractivity contribution in [2.75, 3.05) is 6.54 Å². The van der Waals surface area contributed by atoms with Gasteiger partial charge in [-0.2, -0.15) is 4.31 Å². The summed E-state index contributed by atoms with van der Waals surface area (Å²) in [7, 11) is -3.89. The van der Waals surface area contributed by atoms with Gasteiger partial charge in [-0.3, -0.25) is 4.79 Å². The number of halogens is 5. The molecule has 35 heavy (non-hydrogen) atoms. The molecule has 1 atom stereocenters. The average Bonchev–Trinajstić information content (AvgIpc) is 3.53. The first kappa shape index (κ1) is 25.8. The number of thiazole rings is 1. The lowest BCUT2D eigenvalue weighted by molar-refractivity contribution is -0.275. The number of aromatic nitrogens is 1. The smallest absolute Gasteiger partial charge is 0.403 e. The van der Waals surface area contributed by atoms with Crippen LogP contribution < -0.4 is 4.74 Å². The van der Waals surface area contributed by atoms with Crippen molar-refractivity contribution in [2.45, 2.75) is 29.5 Å². The Hall–Kier alpha value is -2.32. The third-order valence-corrected chi connectivity index (χ3v) is 9.40. The van der Waals surface area contributed by atoms with Gasteiger partial charge in [-0.25, -0.2) is 17.8 Å². The van der Waals surface area contributed by atoms with E-state index in [0.717, 1.165) is 27.8 Å². The molecular formula is C21H15ClF4N2O4S3. The molecular weight excluding hydrogens is 552 g/mol. The summed E-state index contributed by atoms with van der Waals surface area (Å²) in [6.45, 7) is 0.0648. The third-order valence-electron chi connectivity index (χ3n) is 4.95. The second-order valence-electron chi connectivity index (χ2n) is 7.29. The van der Waals surface area contributed by atoms with Crippen molar-refractivity contribution < 1.29 is 35.5 Å². The van der Waals surface area contributed by atoms with E-state index in [1.165, 1.54) is 35.6 Å². The molecule has 3 heterocycles. The van der Waals surface area contributed by atoms with E-state index in [9.17, 15) is 30.8 Å². The number of hydrogen-bond acceptors (Lipinski definition) is 7. The molecule has 0 N–H and O–H groups in total. The summed E-state index contributed by atoms with van der Waals surface area (Å²) in [6.07, 6.45) is -1.65. The van der Waals surface area contributed by atoms with Crippen molar-refractivity contribution in [3.05, 3.63) is 63.0 Å². The molecule has 0 spiro atoms. The number of sulfonamides is 1. The molecule has 3 aromatic rings. The van der Waals surface area contributed by atoms with Gasteiger partial charge in [0.15, 0.2) is 17.3 Å². The van der Waals surface area contributed by atoms with Gasteiger partial charge in [0.05, 0.1) is 15.0 Å². The van der Waals surface area contributed by atoms with Gasteiger partial charge in [0.25, 0.3) is 10.0 Å². The summed E-state index contributed by atoms with van der Waals surface area (Å²) in [5.74, 6) is -2.46. The highest BCUT2D eigenvalue weighted by Crippen LogP contribution is 2.32. The quantitative estimate of drug-likeness (QED) is 0.258. The van der Waals surface area contributed by atoms with Gasteiger partial charge < -0.3 is 4.74 Å². The Labute approximate surface area is 210 Å². The predicted molar refractivity (Wildman–Crippen MR) is 124 cm³/mol. The van der Waals surface area contributed by atoms with Gasteiger partial charge >= 0.3 is 6.36 Å². The Morgan fingerprint density at radius 1 is 1.26 bits per heavy atom. The van der Waals surface area contributed by atoms with Gasteiger partial charge in [0, 0.05) is 30.3 Å². The number of hydrogen-bond donors (Lipinski definition) is 0. The monoisotopic (exact) mass is 566 g/mol. The van der Waals surface area contributed by atoms with Crippen molar-refractivity contribution >= 4 is 50.1 Å². The molecule has 2 aromatic heterocycles. The van der Waals surface area contributed by atoms with Crippen LogP contribution in [0, 0.1) is 5.82 Å². The zero-order valence-electron chi connectivity index (χ0n) is 17.5. The van der Waals surface area contributed by atoms with Crippen molar-refractivity contribution in [1.82, 2.24) is 9.29 Å². The van der Waals surface area contributed by atoms with Gasteiger partial charge in [-0.15, -0.1) is 35.8 Å². The highest BCUT2D eigenvalue weighted by atomic mass is 35.5. The highest BCUT2D eigenvalue weighted by Gasteiger charge is 2.37. The normalized spacial score (nSPS) is 16.7. The minimum Gasteiger partial charge on any atom is -0.403 e. The molecule has 4 rings (SSSR count). The molecule has 0 amide bonds. The molecule has 186 valence electrons. The van der Waals surface area contributed by atoms with Crippen LogP contribution in [0.15, 0.2) is 52.1 Å². The molecule has 14 heteroatoms. The number of carbonyl (C=O) groups excluding carboxylic acids is 1. The van der Waals surface area contributed by atoms with E-state index < -0.39 is 34.0 Å². The summed E-state index contributed by atoms with van der Waals surface area (Å²) < 4.78 is 81.8. The van der Waals surface area contributed by atoms with Crippen molar-refractivity contribution in [2.24, 2.45) is 0 Å². The maximum absolute atomic E-state index is 14.0. The Morgan fingerprint density at radius 3 is 2.69 bits per heavy atom. The van der Waals surface area contributed by atoms with Crippen LogP contribution in [0.1, 0.15) is 11.4 Å². The van der Waals surface area contributed by atoms with Crippen LogP contribution in [0.5, 0.6) is 5.75 Å². The number of aryl methyl sites for hydroxylation is 1. The fraction of sp³-hybridized carbons (Fsp3) is 0.238. The van der Waals surface area contributed by atoms with E-state index in [-0.39, 0.29) is 34.9 Å².